The van der Waals surface area contributed by atoms with Crippen LogP contribution in [0.2, 0.25) is 0 Å². The Morgan fingerprint density at radius 2 is 1.94 bits per heavy atom. The summed E-state index contributed by atoms with van der Waals surface area (Å²) in [6, 6.07) is 5.88. The van der Waals surface area contributed by atoms with E-state index in [2.05, 4.69) is 21.2 Å². The maximum Gasteiger partial charge on any atom is 0.122 e. The molecule has 0 aromatic heterocycles. The first-order chi connectivity index (χ1) is 8.76. The second-order valence-corrected chi connectivity index (χ2v) is 4.68. The van der Waals surface area contributed by atoms with E-state index in [-0.39, 0.29) is 0 Å². The molecule has 102 valence electrons. The monoisotopic (exact) mass is 317 g/mol. The predicted molar refractivity (Wildman–Crippen MR) is 76.5 cm³/mol. The smallest absolute Gasteiger partial charge is 0.122 e. The Balaban J connectivity index is 2.20. The highest BCUT2D eigenvalue weighted by Gasteiger charge is 1.99. The zero-order chi connectivity index (χ0) is 13.2. The van der Waals surface area contributed by atoms with Crippen LogP contribution in [0.25, 0.3) is 0 Å². The van der Waals surface area contributed by atoms with E-state index in [1.54, 1.807) is 14.2 Å². The van der Waals surface area contributed by atoms with Gasteiger partial charge in [0.15, 0.2) is 0 Å². The summed E-state index contributed by atoms with van der Waals surface area (Å²) in [7, 11) is 3.35. The fraction of sp³-hybridized carbons (Fsp3) is 0.538. The van der Waals surface area contributed by atoms with Crippen molar-refractivity contribution in [1.29, 1.82) is 0 Å². The van der Waals surface area contributed by atoms with E-state index in [1.165, 1.54) is 0 Å². The number of halogens is 1. The third kappa shape index (κ3) is 6.23. The SMILES string of the molecule is COCCCOCCNc1cc(Br)cc(OC)c1. The molecule has 0 bridgehead atoms. The maximum absolute atomic E-state index is 5.46. The van der Waals surface area contributed by atoms with Crippen LogP contribution in [-0.2, 0) is 9.47 Å². The minimum atomic E-state index is 0.679. The standard InChI is InChI=1S/C13H20BrNO3/c1-16-5-3-6-18-7-4-15-12-8-11(14)9-13(10-12)17-2/h8-10,15H,3-7H2,1-2H3. The molecule has 0 amide bonds. The number of nitrogens with one attached hydrogen (secondary N) is 1. The van der Waals surface area contributed by atoms with Crippen molar-refractivity contribution in [2.45, 2.75) is 6.42 Å². The Hall–Kier alpha value is -0.780. The average molecular weight is 318 g/mol. The van der Waals surface area contributed by atoms with Crippen molar-refractivity contribution in [2.24, 2.45) is 0 Å². The molecule has 1 aromatic rings. The van der Waals surface area contributed by atoms with Crippen molar-refractivity contribution in [2.75, 3.05) is 45.9 Å². The lowest BCUT2D eigenvalue weighted by Crippen LogP contribution is -2.10. The third-order valence-corrected chi connectivity index (χ3v) is 2.78. The van der Waals surface area contributed by atoms with Crippen LogP contribution in [0.3, 0.4) is 0 Å². The van der Waals surface area contributed by atoms with Crippen molar-refractivity contribution in [3.8, 4) is 5.75 Å². The highest BCUT2D eigenvalue weighted by atomic mass is 79.9. The van der Waals surface area contributed by atoms with Crippen LogP contribution in [0, 0.1) is 0 Å². The van der Waals surface area contributed by atoms with Gasteiger partial charge in [-0.25, -0.2) is 0 Å². The van der Waals surface area contributed by atoms with E-state index >= 15 is 0 Å². The molecule has 0 fully saturated rings. The second kappa shape index (κ2) is 9.19. The van der Waals surface area contributed by atoms with Gasteiger partial charge in [-0.15, -0.1) is 0 Å². The van der Waals surface area contributed by atoms with Crippen LogP contribution in [-0.4, -0.2) is 40.6 Å². The summed E-state index contributed by atoms with van der Waals surface area (Å²) in [5, 5.41) is 3.28. The van der Waals surface area contributed by atoms with Crippen LogP contribution in [0.5, 0.6) is 5.75 Å². The lowest BCUT2D eigenvalue weighted by atomic mass is 10.3. The molecule has 4 nitrogen and oxygen atoms in total. The van der Waals surface area contributed by atoms with Crippen molar-refractivity contribution in [3.05, 3.63) is 22.7 Å². The molecule has 0 saturated heterocycles. The highest BCUT2D eigenvalue weighted by Crippen LogP contribution is 2.24. The van der Waals surface area contributed by atoms with Gasteiger partial charge in [-0.05, 0) is 18.6 Å². The number of hydrogen-bond acceptors (Lipinski definition) is 4. The Bertz CT molecular complexity index is 347. The Morgan fingerprint density at radius 1 is 1.11 bits per heavy atom. The molecule has 0 aliphatic rings. The molecular formula is C13H20BrNO3. The highest BCUT2D eigenvalue weighted by molar-refractivity contribution is 9.10. The molecule has 0 spiro atoms. The molecule has 18 heavy (non-hydrogen) atoms. The molecule has 0 aliphatic carbocycles. The molecule has 1 N–H and O–H groups in total. The van der Waals surface area contributed by atoms with Gasteiger partial charge in [0.2, 0.25) is 0 Å². The summed E-state index contributed by atoms with van der Waals surface area (Å²) in [5.74, 6) is 0.827. The van der Waals surface area contributed by atoms with Gasteiger partial charge in [-0.1, -0.05) is 15.9 Å². The minimum Gasteiger partial charge on any atom is -0.497 e. The number of anilines is 1. The molecule has 0 atom stereocenters. The maximum atomic E-state index is 5.46. The topological polar surface area (TPSA) is 39.7 Å². The number of ether oxygens (including phenoxy) is 3. The van der Waals surface area contributed by atoms with Crippen molar-refractivity contribution < 1.29 is 14.2 Å². The lowest BCUT2D eigenvalue weighted by molar-refractivity contribution is 0.109. The molecule has 0 unspecified atom stereocenters. The van der Waals surface area contributed by atoms with E-state index in [0.717, 1.165) is 42.1 Å². The van der Waals surface area contributed by atoms with Gasteiger partial charge in [0, 0.05) is 43.1 Å². The summed E-state index contributed by atoms with van der Waals surface area (Å²) in [6.07, 6.45) is 0.932. The van der Waals surface area contributed by atoms with Crippen molar-refractivity contribution in [1.82, 2.24) is 0 Å². The minimum absolute atomic E-state index is 0.679. The molecule has 0 aliphatic heterocycles. The van der Waals surface area contributed by atoms with Crippen LogP contribution in [0.1, 0.15) is 6.42 Å². The zero-order valence-corrected chi connectivity index (χ0v) is 12.5. The first-order valence-corrected chi connectivity index (χ1v) is 6.70. The molecule has 1 aromatic carbocycles. The summed E-state index contributed by atoms with van der Waals surface area (Å²) in [5.41, 5.74) is 1.02. The summed E-state index contributed by atoms with van der Waals surface area (Å²) >= 11 is 3.44. The van der Waals surface area contributed by atoms with Gasteiger partial charge in [-0.3, -0.25) is 0 Å². The van der Waals surface area contributed by atoms with Crippen LogP contribution >= 0.6 is 15.9 Å². The average Bonchev–Trinajstić information content (AvgIpc) is 2.37. The Labute approximate surface area is 117 Å². The van der Waals surface area contributed by atoms with Gasteiger partial charge < -0.3 is 19.5 Å². The van der Waals surface area contributed by atoms with E-state index in [1.807, 2.05) is 18.2 Å². The van der Waals surface area contributed by atoms with E-state index < -0.39 is 0 Å². The van der Waals surface area contributed by atoms with E-state index in [4.69, 9.17) is 14.2 Å². The summed E-state index contributed by atoms with van der Waals surface area (Å²) in [6.45, 7) is 2.93. The Morgan fingerprint density at radius 3 is 2.67 bits per heavy atom. The first-order valence-electron chi connectivity index (χ1n) is 5.91. The molecule has 0 radical (unpaired) electrons. The number of hydrogen-bond donors (Lipinski definition) is 1. The van der Waals surface area contributed by atoms with Gasteiger partial charge in [0.1, 0.15) is 5.75 Å². The first kappa shape index (κ1) is 15.3. The summed E-state index contributed by atoms with van der Waals surface area (Å²) in [4.78, 5) is 0. The van der Waals surface area contributed by atoms with Gasteiger partial charge in [-0.2, -0.15) is 0 Å². The molecule has 1 rings (SSSR count). The zero-order valence-electron chi connectivity index (χ0n) is 10.9. The van der Waals surface area contributed by atoms with Crippen LogP contribution < -0.4 is 10.1 Å². The van der Waals surface area contributed by atoms with E-state index in [9.17, 15) is 0 Å². The number of methoxy groups -OCH3 is 2. The third-order valence-electron chi connectivity index (χ3n) is 2.32. The van der Waals surface area contributed by atoms with Gasteiger partial charge in [0.25, 0.3) is 0 Å². The number of rotatable bonds is 9. The Kier molecular flexibility index (Phi) is 7.80. The van der Waals surface area contributed by atoms with E-state index in [0.29, 0.717) is 6.61 Å². The fourth-order valence-electron chi connectivity index (χ4n) is 1.46. The molecular weight excluding hydrogens is 298 g/mol. The van der Waals surface area contributed by atoms with Crippen LogP contribution in [0.15, 0.2) is 22.7 Å². The predicted octanol–water partition coefficient (Wildman–Crippen LogP) is 2.92. The van der Waals surface area contributed by atoms with Crippen LogP contribution in [0.4, 0.5) is 5.69 Å². The summed E-state index contributed by atoms with van der Waals surface area (Å²) < 4.78 is 16.6. The molecule has 5 heteroatoms. The van der Waals surface area contributed by atoms with Crippen molar-refractivity contribution >= 4 is 21.6 Å². The molecule has 0 heterocycles. The van der Waals surface area contributed by atoms with Crippen molar-refractivity contribution in [3.63, 3.8) is 0 Å². The lowest BCUT2D eigenvalue weighted by Gasteiger charge is -2.09. The molecule has 0 saturated carbocycles. The quantitative estimate of drug-likeness (QED) is 0.711. The van der Waals surface area contributed by atoms with Gasteiger partial charge >= 0.3 is 0 Å². The van der Waals surface area contributed by atoms with Gasteiger partial charge in [0.05, 0.1) is 13.7 Å². The number of benzene rings is 1. The largest absolute Gasteiger partial charge is 0.497 e. The fourth-order valence-corrected chi connectivity index (χ4v) is 1.93. The normalized spacial score (nSPS) is 10.4. The second-order valence-electron chi connectivity index (χ2n) is 3.77.